The minimum atomic E-state index is -1.04. The molecule has 1 aromatic carbocycles. The Morgan fingerprint density at radius 3 is 2.02 bits per heavy atom. The molecule has 3 atom stereocenters. The molecule has 8 N–H and O–H groups in total. The van der Waals surface area contributed by atoms with E-state index in [2.05, 4.69) is 21.3 Å². The van der Waals surface area contributed by atoms with Crippen LogP contribution >= 0.6 is 0 Å². The summed E-state index contributed by atoms with van der Waals surface area (Å²) in [5, 5.41) is 10.7. The van der Waals surface area contributed by atoms with Crippen molar-refractivity contribution in [1.82, 2.24) is 25.8 Å². The van der Waals surface area contributed by atoms with Gasteiger partial charge in [-0.15, -0.1) is 0 Å². The van der Waals surface area contributed by atoms with Crippen molar-refractivity contribution in [2.24, 2.45) is 23.3 Å². The minimum absolute atomic E-state index is 0.104. The first-order valence-electron chi connectivity index (χ1n) is 17.3. The molecular formula is C35H52N8O9. The first kappa shape index (κ1) is 42.7. The zero-order valence-corrected chi connectivity index (χ0v) is 30.4. The summed E-state index contributed by atoms with van der Waals surface area (Å²) < 4.78 is 5.32. The van der Waals surface area contributed by atoms with Crippen LogP contribution in [-0.2, 0) is 40.1 Å². The summed E-state index contributed by atoms with van der Waals surface area (Å²) in [6.07, 6.45) is 3.88. The SMILES string of the molecule is CC(C)[C@H](NC(=O)CCCCCN1C(=O)C=CC1=O)C(=O)N[C@@H](CCCNC(N)=O)C(=O)Nc1ccc(COC(=O)N(C)[C@H](C(N)=O)C(C)C)cc1. The number of likely N-dealkylation sites (N-methyl/N-ethyl adjacent to an activating group) is 1. The van der Waals surface area contributed by atoms with Crippen molar-refractivity contribution < 1.29 is 43.1 Å². The number of hydrogen-bond acceptors (Lipinski definition) is 9. The fraction of sp³-hybridized carbons (Fsp3) is 0.543. The minimum Gasteiger partial charge on any atom is -0.445 e. The van der Waals surface area contributed by atoms with E-state index < -0.39 is 48.0 Å². The second kappa shape index (κ2) is 21.0. The summed E-state index contributed by atoms with van der Waals surface area (Å²) in [4.78, 5) is 101. The molecule has 9 amide bonds. The van der Waals surface area contributed by atoms with E-state index in [0.29, 0.717) is 36.9 Å². The largest absolute Gasteiger partial charge is 0.445 e. The highest BCUT2D eigenvalue weighted by atomic mass is 16.6. The molecule has 1 aliphatic heterocycles. The van der Waals surface area contributed by atoms with Crippen LogP contribution in [-0.4, -0.2) is 95.6 Å². The number of imide groups is 1. The van der Waals surface area contributed by atoms with Crippen LogP contribution in [0.15, 0.2) is 36.4 Å². The van der Waals surface area contributed by atoms with Crippen LogP contribution < -0.4 is 32.7 Å². The van der Waals surface area contributed by atoms with Crippen molar-refractivity contribution in [3.05, 3.63) is 42.0 Å². The fourth-order valence-electron chi connectivity index (χ4n) is 5.45. The van der Waals surface area contributed by atoms with Gasteiger partial charge in [0.25, 0.3) is 11.8 Å². The normalized spacial score (nSPS) is 14.1. The fourth-order valence-corrected chi connectivity index (χ4v) is 5.45. The van der Waals surface area contributed by atoms with Crippen LogP contribution in [0, 0.1) is 11.8 Å². The first-order valence-corrected chi connectivity index (χ1v) is 17.3. The average molecular weight is 729 g/mol. The lowest BCUT2D eigenvalue weighted by Crippen LogP contribution is -2.54. The molecule has 2 rings (SSSR count). The number of anilines is 1. The number of hydrogen-bond donors (Lipinski definition) is 6. The van der Waals surface area contributed by atoms with Crippen LogP contribution in [0.25, 0.3) is 0 Å². The third-order valence-corrected chi connectivity index (χ3v) is 8.27. The topological polar surface area (TPSA) is 252 Å². The zero-order valence-electron chi connectivity index (χ0n) is 30.4. The molecule has 52 heavy (non-hydrogen) atoms. The molecule has 0 aromatic heterocycles. The number of nitrogens with one attached hydrogen (secondary N) is 4. The van der Waals surface area contributed by atoms with Crippen LogP contribution in [0.4, 0.5) is 15.3 Å². The van der Waals surface area contributed by atoms with Gasteiger partial charge in [0.15, 0.2) is 0 Å². The van der Waals surface area contributed by atoms with Gasteiger partial charge in [0.2, 0.25) is 23.6 Å². The van der Waals surface area contributed by atoms with Gasteiger partial charge in [-0.1, -0.05) is 46.2 Å². The lowest BCUT2D eigenvalue weighted by Gasteiger charge is -2.27. The van der Waals surface area contributed by atoms with Gasteiger partial charge in [-0.05, 0) is 55.2 Å². The molecule has 0 radical (unpaired) electrons. The molecule has 0 saturated heterocycles. The van der Waals surface area contributed by atoms with E-state index in [9.17, 15) is 38.4 Å². The number of nitrogens with two attached hydrogens (primary N) is 2. The Morgan fingerprint density at radius 1 is 0.827 bits per heavy atom. The van der Waals surface area contributed by atoms with Crippen LogP contribution in [0.2, 0.25) is 0 Å². The summed E-state index contributed by atoms with van der Waals surface area (Å²) in [5.74, 6) is -3.36. The predicted molar refractivity (Wildman–Crippen MR) is 191 cm³/mol. The number of urea groups is 1. The van der Waals surface area contributed by atoms with Crippen molar-refractivity contribution in [2.75, 3.05) is 25.5 Å². The summed E-state index contributed by atoms with van der Waals surface area (Å²) in [5.41, 5.74) is 11.6. The Labute approximate surface area is 303 Å². The van der Waals surface area contributed by atoms with Crippen LogP contribution in [0.5, 0.6) is 0 Å². The number of benzene rings is 1. The summed E-state index contributed by atoms with van der Waals surface area (Å²) in [6.45, 7) is 7.36. The van der Waals surface area contributed by atoms with Gasteiger partial charge in [-0.2, -0.15) is 0 Å². The van der Waals surface area contributed by atoms with Crippen molar-refractivity contribution in [2.45, 2.75) is 91.0 Å². The van der Waals surface area contributed by atoms with E-state index in [0.717, 1.165) is 9.80 Å². The molecule has 1 heterocycles. The summed E-state index contributed by atoms with van der Waals surface area (Å²) in [7, 11) is 1.43. The molecule has 0 spiro atoms. The molecule has 0 saturated carbocycles. The molecule has 0 aliphatic carbocycles. The van der Waals surface area contributed by atoms with Crippen molar-refractivity contribution in [3.8, 4) is 0 Å². The van der Waals surface area contributed by atoms with Crippen molar-refractivity contribution in [3.63, 3.8) is 0 Å². The number of nitrogens with zero attached hydrogens (tertiary/aromatic N) is 2. The maximum absolute atomic E-state index is 13.4. The van der Waals surface area contributed by atoms with Crippen LogP contribution in [0.3, 0.4) is 0 Å². The Bertz CT molecular complexity index is 1460. The van der Waals surface area contributed by atoms with E-state index in [1.54, 1.807) is 52.0 Å². The van der Waals surface area contributed by atoms with E-state index in [1.807, 2.05) is 0 Å². The molecule has 286 valence electrons. The number of primary amides is 2. The summed E-state index contributed by atoms with van der Waals surface area (Å²) in [6, 6.07) is 2.90. The summed E-state index contributed by atoms with van der Waals surface area (Å²) >= 11 is 0. The second-order valence-corrected chi connectivity index (χ2v) is 13.2. The van der Waals surface area contributed by atoms with E-state index >= 15 is 0 Å². The quantitative estimate of drug-likeness (QED) is 0.0786. The van der Waals surface area contributed by atoms with Crippen LogP contribution in [0.1, 0.15) is 71.8 Å². The number of carbonyl (C=O) groups excluding carboxylic acids is 8. The predicted octanol–water partition coefficient (Wildman–Crippen LogP) is 1.26. The first-order chi connectivity index (χ1) is 24.5. The monoisotopic (exact) mass is 728 g/mol. The molecule has 0 unspecified atom stereocenters. The van der Waals surface area contributed by atoms with E-state index in [4.69, 9.17) is 16.2 Å². The number of ether oxygens (including phenoxy) is 1. The highest BCUT2D eigenvalue weighted by molar-refractivity contribution is 6.12. The average Bonchev–Trinajstić information content (AvgIpc) is 3.39. The lowest BCUT2D eigenvalue weighted by molar-refractivity contribution is -0.137. The van der Waals surface area contributed by atoms with Gasteiger partial charge < -0.3 is 37.5 Å². The third kappa shape index (κ3) is 14.0. The molecule has 17 heteroatoms. The van der Waals surface area contributed by atoms with Gasteiger partial charge in [-0.3, -0.25) is 38.6 Å². The molecule has 0 fully saturated rings. The number of unbranched alkanes of at least 4 members (excludes halogenated alkanes) is 2. The van der Waals surface area contributed by atoms with Gasteiger partial charge in [0, 0.05) is 44.4 Å². The molecule has 1 aliphatic rings. The van der Waals surface area contributed by atoms with Gasteiger partial charge in [-0.25, -0.2) is 9.59 Å². The Morgan fingerprint density at radius 2 is 1.46 bits per heavy atom. The van der Waals surface area contributed by atoms with E-state index in [1.165, 1.54) is 19.2 Å². The second-order valence-electron chi connectivity index (χ2n) is 13.2. The third-order valence-electron chi connectivity index (χ3n) is 8.27. The van der Waals surface area contributed by atoms with Gasteiger partial charge >= 0.3 is 12.1 Å². The van der Waals surface area contributed by atoms with E-state index in [-0.39, 0.29) is 62.1 Å². The highest BCUT2D eigenvalue weighted by Crippen LogP contribution is 2.15. The van der Waals surface area contributed by atoms with Crippen molar-refractivity contribution >= 4 is 53.3 Å². The number of carbonyl (C=O) groups is 8. The standard InChI is InChI=1S/C35H52N8O9/c1-21(2)29(41-26(44)11-7-6-8-19-43-27(45)16-17-28(43)46)33(49)40-25(10-9-18-38-34(37)50)32(48)39-24-14-12-23(13-15-24)20-52-35(51)42(5)30(22(3)4)31(36)47/h12-17,21-22,25,29-30H,6-11,18-20H2,1-5H3,(H2,36,47)(H,39,48)(H,40,49)(H,41,44)(H3,37,38,50)/t25-,29-,30-/m0/s1. The molecule has 17 nitrogen and oxygen atoms in total. The molecular weight excluding hydrogens is 676 g/mol. The molecule has 0 bridgehead atoms. The Hall–Kier alpha value is -5.48. The Balaban J connectivity index is 1.98. The lowest BCUT2D eigenvalue weighted by atomic mass is 10.0. The number of amides is 9. The highest BCUT2D eigenvalue weighted by Gasteiger charge is 2.30. The maximum atomic E-state index is 13.4. The Kier molecular flexibility index (Phi) is 17.3. The van der Waals surface area contributed by atoms with Gasteiger partial charge in [0.1, 0.15) is 24.7 Å². The smallest absolute Gasteiger partial charge is 0.410 e. The van der Waals surface area contributed by atoms with Crippen molar-refractivity contribution in [1.29, 1.82) is 0 Å². The maximum Gasteiger partial charge on any atom is 0.410 e. The zero-order chi connectivity index (χ0) is 39.0. The molecule has 1 aromatic rings. The number of rotatable bonds is 21. The van der Waals surface area contributed by atoms with Gasteiger partial charge in [0.05, 0.1) is 0 Å².